The summed E-state index contributed by atoms with van der Waals surface area (Å²) in [5, 5.41) is 2.62. The number of hydrogen-bond acceptors (Lipinski definition) is 3. The number of hydrogen-bond donors (Lipinski definition) is 0. The summed E-state index contributed by atoms with van der Waals surface area (Å²) in [6.45, 7) is 2.19. The van der Waals surface area contributed by atoms with E-state index in [1.807, 2.05) is 35.7 Å². The van der Waals surface area contributed by atoms with Crippen LogP contribution in [0.2, 0.25) is 17.3 Å². The summed E-state index contributed by atoms with van der Waals surface area (Å²) in [6, 6.07) is 43.1. The number of benzene rings is 4. The van der Waals surface area contributed by atoms with Crippen molar-refractivity contribution in [2.75, 3.05) is 0 Å². The zero-order valence-electron chi connectivity index (χ0n) is 28.7. The molecule has 1 fully saturated rings. The van der Waals surface area contributed by atoms with Crippen molar-refractivity contribution in [3.8, 4) is 33.6 Å². The van der Waals surface area contributed by atoms with E-state index in [9.17, 15) is 0 Å². The van der Waals surface area contributed by atoms with Gasteiger partial charge in [-0.2, -0.15) is 11.3 Å². The normalized spacial score (nSPS) is 13.2. The van der Waals surface area contributed by atoms with Crippen LogP contribution < -0.4 is 4.40 Å². The first-order valence-electron chi connectivity index (χ1n) is 17.2. The minimum atomic E-state index is -1.77. The molecule has 0 N–H and O–H groups in total. The minimum absolute atomic E-state index is 0. The molecule has 7 aromatic rings. The van der Waals surface area contributed by atoms with E-state index in [-0.39, 0.29) is 20.1 Å². The number of fused-ring (bicyclic) bond motifs is 3. The summed E-state index contributed by atoms with van der Waals surface area (Å²) < 4.78 is 4.09. The van der Waals surface area contributed by atoms with E-state index in [1.54, 1.807) is 0 Å². The maximum atomic E-state index is 4.75. The van der Waals surface area contributed by atoms with E-state index < -0.39 is 13.3 Å². The maximum Gasteiger partial charge on any atom is 0.0240 e. The third kappa shape index (κ3) is 8.16. The first-order chi connectivity index (χ1) is 23.3. The van der Waals surface area contributed by atoms with Crippen molar-refractivity contribution in [3.05, 3.63) is 139 Å². The Morgan fingerprint density at radius 3 is 2.29 bits per heavy atom. The summed E-state index contributed by atoms with van der Waals surface area (Å²) in [5.74, 6) is 8.05. The zero-order valence-corrected chi connectivity index (χ0v) is 34.0. The van der Waals surface area contributed by atoms with Gasteiger partial charge in [-0.3, -0.25) is 0 Å². The average Bonchev–Trinajstić information content (AvgIpc) is 3.76. The summed E-state index contributed by atoms with van der Waals surface area (Å²) >= 11 is 0.0819. The second-order valence-electron chi connectivity index (χ2n) is 14.1. The molecular weight excluding hydrogens is 853 g/mol. The van der Waals surface area contributed by atoms with Gasteiger partial charge in [-0.25, -0.2) is 0 Å². The predicted molar refractivity (Wildman–Crippen MR) is 209 cm³/mol. The smallest absolute Gasteiger partial charge is 0.0240 e. The van der Waals surface area contributed by atoms with Gasteiger partial charge in [0.1, 0.15) is 0 Å². The van der Waals surface area contributed by atoms with Crippen LogP contribution in [0.5, 0.6) is 0 Å². The molecule has 8 rings (SSSR count). The molecule has 3 heterocycles. The zero-order chi connectivity index (χ0) is 33.1. The molecule has 0 atom stereocenters. The van der Waals surface area contributed by atoms with E-state index in [0.717, 1.165) is 28.4 Å². The fraction of sp³-hybridized carbons (Fsp3) is 0.227. The van der Waals surface area contributed by atoms with Gasteiger partial charge in [0.15, 0.2) is 0 Å². The van der Waals surface area contributed by atoms with Crippen molar-refractivity contribution in [3.63, 3.8) is 0 Å². The van der Waals surface area contributed by atoms with Crippen LogP contribution >= 0.6 is 11.3 Å². The SMILES string of the molecule is Cc1cc(-c2[c-]cccc2)nc[c]1[Ge]([CH3])([CH3])[CH3].[Ir].[c-]1ccc2c(sc3ccc(-c4ccccc4)cc32)c1-c1cc(CC2CCCC2)ccn1. The molecule has 0 bridgehead atoms. The minimum Gasteiger partial charge on any atom is -0.305 e. The quantitative estimate of drug-likeness (QED) is 0.123. The third-order valence-electron chi connectivity index (χ3n) is 9.52. The van der Waals surface area contributed by atoms with Gasteiger partial charge in [-0.1, -0.05) is 79.1 Å². The Kier molecular flexibility index (Phi) is 11.3. The molecule has 2 nitrogen and oxygen atoms in total. The van der Waals surface area contributed by atoms with Crippen molar-refractivity contribution in [2.24, 2.45) is 5.92 Å². The average molecular weight is 896 g/mol. The van der Waals surface area contributed by atoms with Crippen LogP contribution in [-0.4, -0.2) is 23.2 Å². The Labute approximate surface area is 311 Å². The molecule has 0 unspecified atom stereocenters. The molecule has 0 saturated heterocycles. The Morgan fingerprint density at radius 1 is 0.755 bits per heavy atom. The molecular formula is C44H42GeIrN2S-2. The topological polar surface area (TPSA) is 25.8 Å². The van der Waals surface area contributed by atoms with Crippen molar-refractivity contribution >= 4 is 49.2 Å². The Balaban J connectivity index is 0.000000198. The molecule has 0 amide bonds. The monoisotopic (exact) mass is 897 g/mol. The number of rotatable bonds is 6. The van der Waals surface area contributed by atoms with E-state index in [4.69, 9.17) is 4.98 Å². The van der Waals surface area contributed by atoms with E-state index in [1.165, 1.54) is 78.9 Å². The van der Waals surface area contributed by atoms with Crippen LogP contribution in [0.3, 0.4) is 0 Å². The van der Waals surface area contributed by atoms with Gasteiger partial charge in [-0.15, -0.1) is 23.8 Å². The van der Waals surface area contributed by atoms with Crippen molar-refractivity contribution in [1.82, 2.24) is 9.97 Å². The van der Waals surface area contributed by atoms with Gasteiger partial charge in [0.2, 0.25) is 0 Å². The first-order valence-corrected chi connectivity index (χ1v) is 25.3. The second kappa shape index (κ2) is 15.6. The van der Waals surface area contributed by atoms with Crippen LogP contribution in [0, 0.1) is 25.0 Å². The number of nitrogens with zero attached hydrogens (tertiary/aromatic N) is 2. The summed E-state index contributed by atoms with van der Waals surface area (Å²) in [6.07, 6.45) is 10.8. The van der Waals surface area contributed by atoms with Crippen LogP contribution in [-0.2, 0) is 26.5 Å². The largest absolute Gasteiger partial charge is 0.305 e. The maximum absolute atomic E-state index is 4.75. The van der Waals surface area contributed by atoms with Crippen molar-refractivity contribution < 1.29 is 20.1 Å². The third-order valence-corrected chi connectivity index (χ3v) is 15.2. The molecule has 1 saturated carbocycles. The van der Waals surface area contributed by atoms with E-state index in [0.29, 0.717) is 0 Å². The molecule has 0 aliphatic heterocycles. The van der Waals surface area contributed by atoms with Crippen LogP contribution in [0.1, 0.15) is 36.8 Å². The Bertz CT molecular complexity index is 2160. The molecule has 1 radical (unpaired) electrons. The number of aryl methyl sites for hydroxylation is 1. The fourth-order valence-corrected chi connectivity index (χ4v) is 11.8. The summed E-state index contributed by atoms with van der Waals surface area (Å²) in [5.41, 5.74) is 9.59. The number of thiophene rings is 1. The van der Waals surface area contributed by atoms with Crippen molar-refractivity contribution in [2.45, 2.75) is 56.3 Å². The van der Waals surface area contributed by atoms with E-state index >= 15 is 0 Å². The number of pyridine rings is 2. The summed E-state index contributed by atoms with van der Waals surface area (Å²) in [7, 11) is 0. The Hall–Kier alpha value is -3.41. The van der Waals surface area contributed by atoms with Gasteiger partial charge in [0.25, 0.3) is 0 Å². The van der Waals surface area contributed by atoms with Gasteiger partial charge >= 0.3 is 106 Å². The van der Waals surface area contributed by atoms with Gasteiger partial charge in [0, 0.05) is 31.0 Å². The van der Waals surface area contributed by atoms with E-state index in [2.05, 4.69) is 132 Å². The number of aromatic nitrogens is 2. The van der Waals surface area contributed by atoms with Gasteiger partial charge in [0.05, 0.1) is 0 Å². The molecule has 0 spiro atoms. The predicted octanol–water partition coefficient (Wildman–Crippen LogP) is 11.7. The first kappa shape index (κ1) is 35.4. The molecule has 1 aliphatic carbocycles. The molecule has 1 aliphatic rings. The van der Waals surface area contributed by atoms with Crippen LogP contribution in [0.4, 0.5) is 0 Å². The molecule has 5 heteroatoms. The van der Waals surface area contributed by atoms with Crippen LogP contribution in [0.25, 0.3) is 53.8 Å². The van der Waals surface area contributed by atoms with Gasteiger partial charge < -0.3 is 4.98 Å². The molecule has 49 heavy (non-hydrogen) atoms. The van der Waals surface area contributed by atoms with Crippen LogP contribution in [0.15, 0.2) is 116 Å². The molecule has 249 valence electrons. The molecule has 3 aromatic heterocycles. The van der Waals surface area contributed by atoms with Crippen molar-refractivity contribution in [1.29, 1.82) is 0 Å². The second-order valence-corrected chi connectivity index (χ2v) is 25.7. The fourth-order valence-electron chi connectivity index (χ4n) is 7.07. The Morgan fingerprint density at radius 2 is 1.55 bits per heavy atom. The molecule has 4 aromatic carbocycles. The summed E-state index contributed by atoms with van der Waals surface area (Å²) in [4.78, 5) is 9.34. The standard InChI is InChI=1S/C29H24NS.C15H18GeN.Ir/c1-2-9-22(10-3-1)23-13-14-28-26(19-23)24-11-6-12-25(29(24)31-28)27-18-21(15-16-30-27)17-20-7-4-5-8-20;1-12-10-15(13-8-6-5-7-9-13)17-11-14(12)16(2,3)4;/h1-3,6,9-11,13-16,18-20H,4-5,7-8,17H2;5-8,10-11H,1-4H3;/q2*-1;. The van der Waals surface area contributed by atoms with Gasteiger partial charge in [-0.05, 0) is 57.4 Å².